The molecule has 5 heteroatoms. The maximum absolute atomic E-state index is 12.9. The van der Waals surface area contributed by atoms with Crippen LogP contribution in [0.1, 0.15) is 71.4 Å². The van der Waals surface area contributed by atoms with Crippen molar-refractivity contribution in [1.29, 1.82) is 0 Å². The summed E-state index contributed by atoms with van der Waals surface area (Å²) in [7, 11) is 0. The number of benzene rings is 2. The summed E-state index contributed by atoms with van der Waals surface area (Å²) in [5, 5.41) is 3.94. The number of fused-ring (bicyclic) bond motifs is 1. The van der Waals surface area contributed by atoms with Crippen LogP contribution in [0.2, 0.25) is 0 Å². The molecule has 1 aliphatic carbocycles. The number of nitrogens with zero attached hydrogens (tertiary/aromatic N) is 1. The molecule has 4 rings (SSSR count). The van der Waals surface area contributed by atoms with Crippen molar-refractivity contribution < 1.29 is 14.3 Å². The number of carbonyl (C=O) groups excluding carboxylic acids is 2. The first-order valence-electron chi connectivity index (χ1n) is 12.4. The quantitative estimate of drug-likeness (QED) is 0.286. The number of aromatic nitrogens is 1. The highest BCUT2D eigenvalue weighted by Crippen LogP contribution is 2.35. The molecule has 0 atom stereocenters. The van der Waals surface area contributed by atoms with E-state index < -0.39 is 0 Å². The minimum absolute atomic E-state index is 0.0989. The minimum Gasteiger partial charge on any atom is -0.380 e. The van der Waals surface area contributed by atoms with Gasteiger partial charge in [-0.1, -0.05) is 26.0 Å². The molecule has 0 spiro atoms. The summed E-state index contributed by atoms with van der Waals surface area (Å²) in [6.45, 7) is 7.96. The number of nitrogens with one attached hydrogen (secondary N) is 1. The lowest BCUT2D eigenvalue weighted by Crippen LogP contribution is -2.27. The minimum atomic E-state index is -0.0989. The number of hydrogen-bond acceptors (Lipinski definition) is 4. The van der Waals surface area contributed by atoms with Crippen LogP contribution >= 0.6 is 0 Å². The summed E-state index contributed by atoms with van der Waals surface area (Å²) < 4.78 is 5.42. The zero-order valence-electron chi connectivity index (χ0n) is 20.4. The summed E-state index contributed by atoms with van der Waals surface area (Å²) >= 11 is 0. The molecule has 1 fully saturated rings. The summed E-state index contributed by atoms with van der Waals surface area (Å²) in [5.41, 5.74) is 6.65. The maximum atomic E-state index is 12.9. The molecule has 1 amide bonds. The van der Waals surface area contributed by atoms with E-state index in [1.165, 1.54) is 0 Å². The molecule has 5 nitrogen and oxygen atoms in total. The summed E-state index contributed by atoms with van der Waals surface area (Å²) in [6.07, 6.45) is 6.49. The molecule has 1 aliphatic rings. The molecule has 0 radical (unpaired) electrons. The van der Waals surface area contributed by atoms with Crippen LogP contribution in [0.4, 0.5) is 0 Å². The lowest BCUT2D eigenvalue weighted by atomic mass is 9.92. The highest BCUT2D eigenvalue weighted by atomic mass is 16.5. The Morgan fingerprint density at radius 3 is 2.53 bits per heavy atom. The van der Waals surface area contributed by atoms with Gasteiger partial charge >= 0.3 is 0 Å². The largest absolute Gasteiger partial charge is 0.380 e. The van der Waals surface area contributed by atoms with Gasteiger partial charge in [0.05, 0.1) is 12.1 Å². The fraction of sp³-hybridized carbons (Fsp3) is 0.414. The van der Waals surface area contributed by atoms with Gasteiger partial charge in [0, 0.05) is 42.3 Å². The van der Waals surface area contributed by atoms with Crippen LogP contribution < -0.4 is 5.32 Å². The smallest absolute Gasteiger partial charge is 0.251 e. The van der Waals surface area contributed by atoms with E-state index in [0.717, 1.165) is 64.4 Å². The molecule has 0 aliphatic heterocycles. The Hall–Kier alpha value is -3.05. The van der Waals surface area contributed by atoms with Crippen LogP contribution in [0.25, 0.3) is 22.0 Å². The standard InChI is InChI=1S/C29H34N2O3/c1-4-13-34-14-12-30-29(33)22-10-8-21(9-11-22)24-17-25-23(5-2)26(28(32)16-20-6-7-20)18-31-27(25)15-19(24)3/h8-11,15,17-18,20H,4-7,12-14,16H2,1-3H3,(H,30,33). The van der Waals surface area contributed by atoms with Crippen LogP contribution in [0.5, 0.6) is 0 Å². The summed E-state index contributed by atoms with van der Waals surface area (Å²) in [6, 6.07) is 11.9. The number of carbonyl (C=O) groups is 2. The molecule has 1 heterocycles. The Balaban J connectivity index is 1.57. The Morgan fingerprint density at radius 2 is 1.85 bits per heavy atom. The van der Waals surface area contributed by atoms with Gasteiger partial charge in [-0.25, -0.2) is 0 Å². The topological polar surface area (TPSA) is 68.3 Å². The van der Waals surface area contributed by atoms with Crippen molar-refractivity contribution in [1.82, 2.24) is 10.3 Å². The third-order valence-electron chi connectivity index (χ3n) is 6.49. The van der Waals surface area contributed by atoms with Crippen LogP contribution in [0, 0.1) is 12.8 Å². The molecule has 178 valence electrons. The average molecular weight is 459 g/mol. The molecule has 1 N–H and O–H groups in total. The van der Waals surface area contributed by atoms with Crippen LogP contribution in [-0.2, 0) is 11.2 Å². The van der Waals surface area contributed by atoms with E-state index in [1.807, 2.05) is 24.3 Å². The van der Waals surface area contributed by atoms with Gasteiger partial charge in [0.1, 0.15) is 0 Å². The molecule has 0 saturated heterocycles. The fourth-order valence-corrected chi connectivity index (χ4v) is 4.41. The normalized spacial score (nSPS) is 13.3. The van der Waals surface area contributed by atoms with Gasteiger partial charge in [-0.3, -0.25) is 14.6 Å². The van der Waals surface area contributed by atoms with Gasteiger partial charge in [0.25, 0.3) is 5.91 Å². The van der Waals surface area contributed by atoms with E-state index >= 15 is 0 Å². The van der Waals surface area contributed by atoms with Crippen molar-refractivity contribution in [3.05, 3.63) is 64.8 Å². The molecular weight excluding hydrogens is 424 g/mol. The maximum Gasteiger partial charge on any atom is 0.251 e. The van der Waals surface area contributed by atoms with Gasteiger partial charge in [-0.05, 0) is 85.0 Å². The number of ether oxygens (including phenoxy) is 1. The molecule has 1 aromatic heterocycles. The molecule has 2 aromatic carbocycles. The second kappa shape index (κ2) is 10.9. The molecule has 3 aromatic rings. The average Bonchev–Trinajstić information content (AvgIpc) is 3.66. The predicted octanol–water partition coefficient (Wildman–Crippen LogP) is 5.91. The number of ketones is 1. The molecular formula is C29H34N2O3. The third-order valence-corrected chi connectivity index (χ3v) is 6.49. The summed E-state index contributed by atoms with van der Waals surface area (Å²) in [5.74, 6) is 0.672. The first-order valence-corrected chi connectivity index (χ1v) is 12.4. The third kappa shape index (κ3) is 5.53. The lowest BCUT2D eigenvalue weighted by molar-refractivity contribution is 0.0914. The van der Waals surface area contributed by atoms with Crippen molar-refractivity contribution >= 4 is 22.6 Å². The second-order valence-electron chi connectivity index (χ2n) is 9.20. The summed E-state index contributed by atoms with van der Waals surface area (Å²) in [4.78, 5) is 29.9. The van der Waals surface area contributed by atoms with Crippen molar-refractivity contribution in [2.45, 2.75) is 52.9 Å². The van der Waals surface area contributed by atoms with Crippen LogP contribution in [0.3, 0.4) is 0 Å². The number of rotatable bonds is 11. The number of aryl methyl sites for hydroxylation is 2. The van der Waals surface area contributed by atoms with Gasteiger partial charge in [0.15, 0.2) is 5.78 Å². The highest BCUT2D eigenvalue weighted by Gasteiger charge is 2.26. The number of hydrogen-bond donors (Lipinski definition) is 1. The molecule has 0 bridgehead atoms. The molecule has 34 heavy (non-hydrogen) atoms. The predicted molar refractivity (Wildman–Crippen MR) is 136 cm³/mol. The fourth-order valence-electron chi connectivity index (χ4n) is 4.41. The van der Waals surface area contributed by atoms with Crippen molar-refractivity contribution in [2.75, 3.05) is 19.8 Å². The first-order chi connectivity index (χ1) is 16.5. The van der Waals surface area contributed by atoms with E-state index in [0.29, 0.717) is 37.7 Å². The monoisotopic (exact) mass is 458 g/mol. The Labute approximate surface area is 201 Å². The number of pyridine rings is 1. The van der Waals surface area contributed by atoms with Crippen LogP contribution in [0.15, 0.2) is 42.6 Å². The van der Waals surface area contributed by atoms with Gasteiger partial charge in [-0.2, -0.15) is 0 Å². The van der Waals surface area contributed by atoms with Crippen molar-refractivity contribution in [3.63, 3.8) is 0 Å². The van der Waals surface area contributed by atoms with E-state index in [4.69, 9.17) is 4.74 Å². The highest BCUT2D eigenvalue weighted by molar-refractivity contribution is 6.02. The van der Waals surface area contributed by atoms with E-state index in [9.17, 15) is 9.59 Å². The van der Waals surface area contributed by atoms with Crippen LogP contribution in [-0.4, -0.2) is 36.4 Å². The molecule has 1 saturated carbocycles. The second-order valence-corrected chi connectivity index (χ2v) is 9.20. The SMILES string of the molecule is CCCOCCNC(=O)c1ccc(-c2cc3c(CC)c(C(=O)CC4CC4)cnc3cc2C)cc1. The lowest BCUT2D eigenvalue weighted by Gasteiger charge is -2.14. The van der Waals surface area contributed by atoms with E-state index in [2.05, 4.69) is 43.2 Å². The molecule has 0 unspecified atom stereocenters. The zero-order valence-corrected chi connectivity index (χ0v) is 20.4. The van der Waals surface area contributed by atoms with Crippen molar-refractivity contribution in [3.8, 4) is 11.1 Å². The Kier molecular flexibility index (Phi) is 7.73. The van der Waals surface area contributed by atoms with Gasteiger partial charge in [-0.15, -0.1) is 0 Å². The van der Waals surface area contributed by atoms with E-state index in [1.54, 1.807) is 6.20 Å². The Bertz CT molecular complexity index is 1180. The Morgan fingerprint density at radius 1 is 1.09 bits per heavy atom. The number of Topliss-reactive ketones (excluding diaryl/α,β-unsaturated/α-hetero) is 1. The van der Waals surface area contributed by atoms with Gasteiger partial charge < -0.3 is 10.1 Å². The zero-order chi connectivity index (χ0) is 24.1. The van der Waals surface area contributed by atoms with E-state index in [-0.39, 0.29) is 11.7 Å². The van der Waals surface area contributed by atoms with Gasteiger partial charge in [0.2, 0.25) is 0 Å². The number of amides is 1. The van der Waals surface area contributed by atoms with Crippen molar-refractivity contribution in [2.24, 2.45) is 5.92 Å². The first kappa shape index (κ1) is 24.1.